The van der Waals surface area contributed by atoms with Crippen LogP contribution in [0.3, 0.4) is 0 Å². The molecule has 0 radical (unpaired) electrons. The van der Waals surface area contributed by atoms with Gasteiger partial charge in [0, 0.05) is 29.6 Å². The Morgan fingerprint density at radius 1 is 0.863 bits per heavy atom. The second kappa shape index (κ2) is 18.0. The number of hydrogen-bond acceptors (Lipinski definition) is 9. The molecule has 0 saturated carbocycles. The second-order valence-corrected chi connectivity index (χ2v) is 14.0. The number of ether oxygens (including phenoxy) is 3. The SMILES string of the molecule is CCc1c(-c2ccc(OCc3ccc(C(C)C)cc3)cc2)c(-c2ccnc(NC(=O)OC(C)(C)C)c2)nn1CCNC(=O)OC(C)(C)C.O=C=O. The van der Waals surface area contributed by atoms with Crippen molar-refractivity contribution in [3.05, 3.63) is 83.7 Å². The van der Waals surface area contributed by atoms with Crippen LogP contribution in [0.2, 0.25) is 0 Å². The van der Waals surface area contributed by atoms with Crippen molar-refractivity contribution in [2.24, 2.45) is 0 Å². The van der Waals surface area contributed by atoms with Crippen LogP contribution in [0.15, 0.2) is 66.9 Å². The molecule has 2 aromatic carbocycles. The molecule has 51 heavy (non-hydrogen) atoms. The van der Waals surface area contributed by atoms with Crippen LogP contribution in [0.25, 0.3) is 22.4 Å². The van der Waals surface area contributed by atoms with Gasteiger partial charge < -0.3 is 19.5 Å². The van der Waals surface area contributed by atoms with Gasteiger partial charge in [0.05, 0.1) is 6.54 Å². The average molecular weight is 700 g/mol. The van der Waals surface area contributed by atoms with Gasteiger partial charge in [-0.3, -0.25) is 10.00 Å². The van der Waals surface area contributed by atoms with Crippen molar-refractivity contribution in [3.8, 4) is 28.1 Å². The van der Waals surface area contributed by atoms with Crippen LogP contribution < -0.4 is 15.4 Å². The third kappa shape index (κ3) is 12.7. The summed E-state index contributed by atoms with van der Waals surface area (Å²) in [5.41, 5.74) is 5.55. The zero-order valence-corrected chi connectivity index (χ0v) is 31.0. The lowest BCUT2D eigenvalue weighted by molar-refractivity contribution is -0.191. The number of carbonyl (C=O) groups is 2. The highest BCUT2D eigenvalue weighted by molar-refractivity contribution is 5.87. The number of aromatic nitrogens is 3. The molecule has 0 atom stereocenters. The average Bonchev–Trinajstić information content (AvgIpc) is 3.41. The van der Waals surface area contributed by atoms with Gasteiger partial charge in [0.15, 0.2) is 0 Å². The standard InChI is InChI=1S/C38H49N5O5.CO2/c1-10-31-33(28-15-17-30(18-16-28)46-24-26-11-13-27(14-12-26)25(2)3)34(42-43(31)22-21-40-35(44)47-37(4,5)6)29-19-20-39-32(23-29)41-36(45)48-38(7,8)9;2-1-3/h11-20,23,25H,10,21-22,24H2,1-9H3,(H,40,44)(H,39,41,45);. The summed E-state index contributed by atoms with van der Waals surface area (Å²) >= 11 is 0. The number of carbonyl (C=O) groups excluding carboxylic acids is 4. The topological polar surface area (TPSA) is 151 Å². The van der Waals surface area contributed by atoms with Gasteiger partial charge in [-0.2, -0.15) is 14.7 Å². The predicted molar refractivity (Wildman–Crippen MR) is 194 cm³/mol. The van der Waals surface area contributed by atoms with Crippen molar-refractivity contribution >= 4 is 24.2 Å². The van der Waals surface area contributed by atoms with Crippen LogP contribution in [0, 0.1) is 0 Å². The smallest absolute Gasteiger partial charge is 0.413 e. The zero-order valence-electron chi connectivity index (χ0n) is 31.0. The molecule has 2 amide bonds. The summed E-state index contributed by atoms with van der Waals surface area (Å²) in [5.74, 6) is 1.58. The number of pyridine rings is 1. The number of alkyl carbamates (subject to hydrolysis) is 1. The molecule has 0 spiro atoms. The fourth-order valence-electron chi connectivity index (χ4n) is 5.06. The van der Waals surface area contributed by atoms with E-state index >= 15 is 0 Å². The Bertz CT molecular complexity index is 1780. The number of rotatable bonds is 11. The van der Waals surface area contributed by atoms with Crippen LogP contribution in [-0.4, -0.2) is 50.8 Å². The van der Waals surface area contributed by atoms with Crippen molar-refractivity contribution in [3.63, 3.8) is 0 Å². The molecule has 4 rings (SSSR count). The summed E-state index contributed by atoms with van der Waals surface area (Å²) in [4.78, 5) is 45.4. The summed E-state index contributed by atoms with van der Waals surface area (Å²) in [6.07, 6.45) is 1.50. The van der Waals surface area contributed by atoms with Crippen molar-refractivity contribution in [2.45, 2.75) is 99.0 Å². The molecule has 0 unspecified atom stereocenters. The summed E-state index contributed by atoms with van der Waals surface area (Å²) < 4.78 is 18.9. The molecule has 0 fully saturated rings. The fourth-order valence-corrected chi connectivity index (χ4v) is 5.06. The minimum atomic E-state index is -0.648. The zero-order chi connectivity index (χ0) is 37.8. The Balaban J connectivity index is 0.00000226. The number of anilines is 1. The van der Waals surface area contributed by atoms with E-state index < -0.39 is 23.4 Å². The molecular weight excluding hydrogens is 650 g/mol. The third-order valence-electron chi connectivity index (χ3n) is 7.24. The molecule has 12 nitrogen and oxygen atoms in total. The van der Waals surface area contributed by atoms with E-state index in [-0.39, 0.29) is 6.15 Å². The normalized spacial score (nSPS) is 11.2. The van der Waals surface area contributed by atoms with E-state index in [2.05, 4.69) is 60.7 Å². The Morgan fingerprint density at radius 3 is 2.04 bits per heavy atom. The first-order valence-corrected chi connectivity index (χ1v) is 16.9. The lowest BCUT2D eigenvalue weighted by Gasteiger charge is -2.19. The fraction of sp³-hybridized carbons (Fsp3) is 0.410. The van der Waals surface area contributed by atoms with Gasteiger partial charge in [0.25, 0.3) is 0 Å². The van der Waals surface area contributed by atoms with E-state index in [4.69, 9.17) is 28.9 Å². The Hall–Kier alpha value is -5.48. The van der Waals surface area contributed by atoms with E-state index in [1.54, 1.807) is 33.0 Å². The molecular formula is C39H49N5O7. The monoisotopic (exact) mass is 699 g/mol. The molecule has 2 aromatic heterocycles. The first kappa shape index (κ1) is 40.0. The number of amides is 2. The van der Waals surface area contributed by atoms with Crippen LogP contribution in [0.1, 0.15) is 85.1 Å². The van der Waals surface area contributed by atoms with Gasteiger partial charge in [-0.15, -0.1) is 0 Å². The van der Waals surface area contributed by atoms with Crippen LogP contribution in [0.4, 0.5) is 15.4 Å². The predicted octanol–water partition coefficient (Wildman–Crippen LogP) is 8.17. The minimum absolute atomic E-state index is 0.250. The van der Waals surface area contributed by atoms with Gasteiger partial charge in [0.2, 0.25) is 0 Å². The highest BCUT2D eigenvalue weighted by Gasteiger charge is 2.22. The molecule has 0 saturated heterocycles. The quantitative estimate of drug-likeness (QED) is 0.158. The molecule has 0 aliphatic carbocycles. The van der Waals surface area contributed by atoms with Crippen molar-refractivity contribution in [1.82, 2.24) is 20.1 Å². The summed E-state index contributed by atoms with van der Waals surface area (Å²) in [5, 5.41) is 10.6. The molecule has 0 aliphatic heterocycles. The molecule has 4 aromatic rings. The summed E-state index contributed by atoms with van der Waals surface area (Å²) in [6, 6.07) is 20.1. The number of nitrogens with one attached hydrogen (secondary N) is 2. The van der Waals surface area contributed by atoms with E-state index in [0.29, 0.717) is 37.9 Å². The molecule has 272 valence electrons. The lowest BCUT2D eigenvalue weighted by atomic mass is 9.98. The van der Waals surface area contributed by atoms with E-state index in [1.807, 2.05) is 55.8 Å². The summed E-state index contributed by atoms with van der Waals surface area (Å²) in [6.45, 7) is 18.6. The maximum atomic E-state index is 12.5. The second-order valence-electron chi connectivity index (χ2n) is 14.0. The van der Waals surface area contributed by atoms with Crippen LogP contribution in [0.5, 0.6) is 5.75 Å². The first-order valence-electron chi connectivity index (χ1n) is 16.9. The van der Waals surface area contributed by atoms with Crippen molar-refractivity contribution in [2.75, 3.05) is 11.9 Å². The van der Waals surface area contributed by atoms with Crippen LogP contribution >= 0.6 is 0 Å². The Kier molecular flexibility index (Phi) is 14.1. The van der Waals surface area contributed by atoms with Crippen molar-refractivity contribution < 1.29 is 33.4 Å². The first-order chi connectivity index (χ1) is 24.0. The highest BCUT2D eigenvalue weighted by atomic mass is 16.6. The Labute approximate surface area is 299 Å². The largest absolute Gasteiger partial charge is 0.489 e. The number of nitrogens with zero attached hydrogens (tertiary/aromatic N) is 3. The van der Waals surface area contributed by atoms with Gasteiger partial charge >= 0.3 is 18.3 Å². The minimum Gasteiger partial charge on any atom is -0.489 e. The van der Waals surface area contributed by atoms with Crippen LogP contribution in [-0.2, 0) is 38.6 Å². The third-order valence-corrected chi connectivity index (χ3v) is 7.24. The van der Waals surface area contributed by atoms with Gasteiger partial charge in [-0.05, 0) is 94.8 Å². The van der Waals surface area contributed by atoms with E-state index in [0.717, 1.165) is 39.4 Å². The Morgan fingerprint density at radius 2 is 1.47 bits per heavy atom. The van der Waals surface area contributed by atoms with Gasteiger partial charge in [-0.1, -0.05) is 57.2 Å². The summed E-state index contributed by atoms with van der Waals surface area (Å²) in [7, 11) is 0. The molecule has 0 bridgehead atoms. The maximum Gasteiger partial charge on any atom is 0.413 e. The number of hydrogen-bond donors (Lipinski definition) is 2. The van der Waals surface area contributed by atoms with Gasteiger partial charge in [0.1, 0.15) is 35.1 Å². The maximum absolute atomic E-state index is 12.5. The van der Waals surface area contributed by atoms with Crippen molar-refractivity contribution in [1.29, 1.82) is 0 Å². The molecule has 2 heterocycles. The van der Waals surface area contributed by atoms with Gasteiger partial charge in [-0.25, -0.2) is 14.6 Å². The van der Waals surface area contributed by atoms with E-state index in [9.17, 15) is 9.59 Å². The molecule has 2 N–H and O–H groups in total. The molecule has 12 heteroatoms. The molecule has 0 aliphatic rings. The van der Waals surface area contributed by atoms with E-state index in [1.165, 1.54) is 5.56 Å². The highest BCUT2D eigenvalue weighted by Crippen LogP contribution is 2.36. The number of benzene rings is 2. The lowest BCUT2D eigenvalue weighted by Crippen LogP contribution is -2.34.